The molecule has 5 aliphatic heterocycles. The predicted molar refractivity (Wildman–Crippen MR) is 257 cm³/mol. The number of Topliss-reactive ketones (excluding diaryl/α,β-unsaturated/α-hetero) is 1. The first-order valence-corrected chi connectivity index (χ1v) is 26.1. The maximum absolute atomic E-state index is 13.5. The van der Waals surface area contributed by atoms with Crippen LogP contribution >= 0.6 is 0 Å². The summed E-state index contributed by atoms with van der Waals surface area (Å²) in [4.78, 5) is 19.8. The number of aryl methyl sites for hydroxylation is 1. The normalized spacial score (nSPS) is 34.0. The van der Waals surface area contributed by atoms with Gasteiger partial charge < -0.3 is 35.6 Å². The van der Waals surface area contributed by atoms with Crippen LogP contribution in [0.15, 0.2) is 65.0 Å². The fourth-order valence-corrected chi connectivity index (χ4v) is 15.1. The van der Waals surface area contributed by atoms with Crippen molar-refractivity contribution >= 4 is 11.5 Å². The monoisotopic (exact) mass is 920 g/mol. The molecule has 0 saturated heterocycles. The molecule has 2 spiro atoms. The summed E-state index contributed by atoms with van der Waals surface area (Å²) in [5.74, 6) is 11.5. The summed E-state index contributed by atoms with van der Waals surface area (Å²) in [6, 6.07) is 7.49. The second-order valence-corrected chi connectivity index (χ2v) is 22.3. The molecule has 0 amide bonds. The van der Waals surface area contributed by atoms with Gasteiger partial charge in [0.2, 0.25) is 0 Å². The first-order valence-electron chi connectivity index (χ1n) is 26.1. The van der Waals surface area contributed by atoms with Gasteiger partial charge in [-0.1, -0.05) is 87.0 Å². The molecule has 5 aliphatic carbocycles. The van der Waals surface area contributed by atoms with Crippen molar-refractivity contribution in [2.24, 2.45) is 45.2 Å². The average Bonchev–Trinajstić information content (AvgIpc) is 4.17. The SMILES string of the molecule is N[C@@H]1NC[C@H]2CC3(CCCC3)[C@H]3C4=CN=C5C[NH+](C=C45)[C@@H]4Oc5cc(CCC(=O)C[C@H](O)[C@H]6C=C[C@H](C7CCCCC7)C[C@H]6O)c(O)cc5OC#CC5(CCCC5)[C@@H]4C#C[C@H](O)c4ccc1c2c43. The molecule has 68 heavy (non-hydrogen) atoms. The minimum atomic E-state index is -1.06. The van der Waals surface area contributed by atoms with Crippen LogP contribution in [0.3, 0.4) is 0 Å². The van der Waals surface area contributed by atoms with Gasteiger partial charge in [0.25, 0.3) is 6.23 Å². The van der Waals surface area contributed by atoms with Crippen molar-refractivity contribution in [3.05, 3.63) is 87.8 Å². The predicted octanol–water partition coefficient (Wildman–Crippen LogP) is 6.58. The van der Waals surface area contributed by atoms with Crippen molar-refractivity contribution in [3.8, 4) is 41.1 Å². The van der Waals surface area contributed by atoms with Crippen molar-refractivity contribution < 1.29 is 39.6 Å². The smallest absolute Gasteiger partial charge is 0.252 e. The number of aromatic hydroxyl groups is 1. The number of phenolic OH excluding ortho intramolecular Hbond substituents is 1. The van der Waals surface area contributed by atoms with Gasteiger partial charge in [0, 0.05) is 43.5 Å². The number of rotatable bonds is 7. The van der Waals surface area contributed by atoms with Gasteiger partial charge >= 0.3 is 0 Å². The maximum Gasteiger partial charge on any atom is 0.252 e. The fourth-order valence-electron chi connectivity index (χ4n) is 15.1. The summed E-state index contributed by atoms with van der Waals surface area (Å²) < 4.78 is 13.5. The molecule has 1 unspecified atom stereocenters. The van der Waals surface area contributed by atoms with E-state index in [1.54, 1.807) is 6.07 Å². The summed E-state index contributed by atoms with van der Waals surface area (Å²) in [6.07, 6.45) is 24.2. The van der Waals surface area contributed by atoms with E-state index in [2.05, 4.69) is 59.8 Å². The number of aliphatic hydroxyl groups is 3. The molecule has 2 aromatic carbocycles. The lowest BCUT2D eigenvalue weighted by atomic mass is 9.55. The molecule has 2 aromatic rings. The van der Waals surface area contributed by atoms with Crippen LogP contribution in [-0.2, 0) is 11.2 Å². The summed E-state index contributed by atoms with van der Waals surface area (Å²) in [6.45, 7) is 1.40. The number of aliphatic hydroxyl groups excluding tert-OH is 3. The second-order valence-electron chi connectivity index (χ2n) is 22.3. The number of ketones is 1. The topological polar surface area (TPSA) is 171 Å². The van der Waals surface area contributed by atoms with Crippen LogP contribution in [0.25, 0.3) is 0 Å². The molecule has 3 saturated carbocycles. The minimum Gasteiger partial charge on any atom is -0.508 e. The molecule has 12 rings (SSSR count). The van der Waals surface area contributed by atoms with E-state index in [1.807, 2.05) is 6.08 Å². The first kappa shape index (κ1) is 44.5. The number of nitrogens with two attached hydrogens (primary N) is 1. The van der Waals surface area contributed by atoms with E-state index < -0.39 is 41.8 Å². The second kappa shape index (κ2) is 17.6. The third-order valence-electron chi connectivity index (χ3n) is 18.5. The van der Waals surface area contributed by atoms with Crippen LogP contribution in [0.1, 0.15) is 161 Å². The van der Waals surface area contributed by atoms with Gasteiger partial charge in [0.1, 0.15) is 48.1 Å². The molecular weight excluding hydrogens is 853 g/mol. The van der Waals surface area contributed by atoms with E-state index in [9.17, 15) is 25.2 Å². The Morgan fingerprint density at radius 3 is 2.57 bits per heavy atom. The van der Waals surface area contributed by atoms with Crippen LogP contribution in [0.5, 0.6) is 17.2 Å². The van der Waals surface area contributed by atoms with Crippen molar-refractivity contribution in [1.29, 1.82) is 0 Å². The zero-order valence-corrected chi connectivity index (χ0v) is 39.1. The number of nitrogens with zero attached hydrogens (tertiary/aromatic N) is 1. The highest BCUT2D eigenvalue weighted by Gasteiger charge is 2.56. The Kier molecular flexibility index (Phi) is 11.5. The zero-order chi connectivity index (χ0) is 46.3. The van der Waals surface area contributed by atoms with Gasteiger partial charge in [0.15, 0.2) is 11.5 Å². The molecule has 11 atom stereocenters. The molecule has 8 N–H and O–H groups in total. The average molecular weight is 920 g/mol. The van der Waals surface area contributed by atoms with Gasteiger partial charge in [-0.3, -0.25) is 20.0 Å². The standard InChI is InChI=1S/C57H66N4O7/c58-54-40-15-14-39-45(63)17-16-43-55(61-31-42-41(30-59-44(42)32-61)53-52(39)51(40)36(29-60-54)28-57(53)20-6-7-21-57)68-50-25-35(46(64)27-49(50)67-23-22-56(43)18-4-5-19-56)10-12-37(62)26-48(66)38-13-11-34(24-47(38)65)33-8-2-1-3-9-33/h11,13-15,25,27,30-31,33-34,36,38,43,45,47-48,53-55,60,63-66H,1-10,12,18-21,24,26,28-29,32,58H2/p+1/t34-,36+,38-,43+,45-,47+,48-,53-,54+,55+/m0/s1. The number of carbonyl (C=O) groups excluding carboxylic acids is 1. The van der Waals surface area contributed by atoms with Gasteiger partial charge in [-0.2, -0.15) is 0 Å². The van der Waals surface area contributed by atoms with Crippen LogP contribution in [-0.4, -0.2) is 63.4 Å². The van der Waals surface area contributed by atoms with Gasteiger partial charge in [-0.25, -0.2) is 0 Å². The third kappa shape index (κ3) is 7.59. The molecule has 11 heteroatoms. The van der Waals surface area contributed by atoms with Crippen LogP contribution in [0, 0.1) is 58.4 Å². The third-order valence-corrected chi connectivity index (χ3v) is 18.5. The molecular formula is C57H67N4O7+. The van der Waals surface area contributed by atoms with Crippen LogP contribution in [0.2, 0.25) is 0 Å². The van der Waals surface area contributed by atoms with E-state index >= 15 is 0 Å². The highest BCUT2D eigenvalue weighted by atomic mass is 16.5. The molecule has 2 bridgehead atoms. The number of nitrogens with one attached hydrogen (secondary N) is 2. The highest BCUT2D eigenvalue weighted by Crippen LogP contribution is 2.64. The van der Waals surface area contributed by atoms with Crippen molar-refractivity contribution in [1.82, 2.24) is 5.32 Å². The number of fused-ring (bicyclic) bond motifs is 7. The van der Waals surface area contributed by atoms with E-state index in [1.165, 1.54) is 67.7 Å². The summed E-state index contributed by atoms with van der Waals surface area (Å²) in [5.41, 5.74) is 14.6. The number of phenols is 1. The number of carbonyl (C=O) groups is 1. The summed E-state index contributed by atoms with van der Waals surface area (Å²) >= 11 is 0. The molecule has 11 nitrogen and oxygen atoms in total. The quantitative estimate of drug-likeness (QED) is 0.120. The number of ether oxygens (including phenoxy) is 2. The molecule has 0 aromatic heterocycles. The van der Waals surface area contributed by atoms with E-state index in [0.29, 0.717) is 42.0 Å². The molecule has 10 aliphatic rings. The van der Waals surface area contributed by atoms with Crippen molar-refractivity contribution in [2.75, 3.05) is 13.1 Å². The van der Waals surface area contributed by atoms with Crippen molar-refractivity contribution in [3.63, 3.8) is 0 Å². The van der Waals surface area contributed by atoms with E-state index in [0.717, 1.165) is 78.8 Å². The Hall–Kier alpha value is -4.72. The van der Waals surface area contributed by atoms with Crippen molar-refractivity contribution in [2.45, 2.75) is 158 Å². The molecule has 0 radical (unpaired) electrons. The summed E-state index contributed by atoms with van der Waals surface area (Å²) in [5, 5.41) is 49.9. The van der Waals surface area contributed by atoms with Gasteiger partial charge in [-0.05, 0) is 120 Å². The van der Waals surface area contributed by atoms with Gasteiger partial charge in [0.05, 0.1) is 29.4 Å². The fraction of sp³-hybridized carbons (Fsp3) is 0.579. The van der Waals surface area contributed by atoms with E-state index in [4.69, 9.17) is 20.2 Å². The molecule has 356 valence electrons. The van der Waals surface area contributed by atoms with Crippen LogP contribution in [0.4, 0.5) is 0 Å². The van der Waals surface area contributed by atoms with Gasteiger partial charge in [-0.15, -0.1) is 0 Å². The lowest BCUT2D eigenvalue weighted by Gasteiger charge is -2.50. The largest absolute Gasteiger partial charge is 0.508 e. The lowest BCUT2D eigenvalue weighted by Crippen LogP contribution is -3.13. The number of quaternary nitrogens is 1. The lowest BCUT2D eigenvalue weighted by molar-refractivity contribution is -0.888. The highest BCUT2D eigenvalue weighted by molar-refractivity contribution is 6.08. The van der Waals surface area contributed by atoms with Crippen LogP contribution < -0.4 is 25.4 Å². The molecule has 5 heterocycles. The number of allylic oxidation sites excluding steroid dienone is 2. The Balaban J connectivity index is 0.873. The Morgan fingerprint density at radius 1 is 0.971 bits per heavy atom. The number of hydrogen-bond acceptors (Lipinski definition) is 10. The first-order chi connectivity index (χ1) is 33.1. The maximum atomic E-state index is 13.5. The number of aliphatic imine (C=N–C) groups is 1. The number of hydrogen-bond donors (Lipinski definition) is 7. The number of benzene rings is 2. The zero-order valence-electron chi connectivity index (χ0n) is 39.1. The van der Waals surface area contributed by atoms with E-state index in [-0.39, 0.29) is 54.0 Å². The Labute approximate surface area is 400 Å². The summed E-state index contributed by atoms with van der Waals surface area (Å²) in [7, 11) is 0. The molecule has 3 fully saturated rings. The minimum absolute atomic E-state index is 0.0205. The Bertz CT molecular complexity index is 2630. The Morgan fingerprint density at radius 2 is 1.76 bits per heavy atom.